The smallest absolute Gasteiger partial charge is 0.139 e. The summed E-state index contributed by atoms with van der Waals surface area (Å²) < 4.78 is 2.31. The van der Waals surface area contributed by atoms with Crippen LogP contribution in [0.2, 0.25) is 0 Å². The lowest BCUT2D eigenvalue weighted by molar-refractivity contribution is 0.154. The van der Waals surface area contributed by atoms with E-state index in [-0.39, 0.29) is 0 Å². The van der Waals surface area contributed by atoms with Gasteiger partial charge in [-0.1, -0.05) is 26.2 Å². The van der Waals surface area contributed by atoms with Crippen molar-refractivity contribution in [2.75, 3.05) is 0 Å². The van der Waals surface area contributed by atoms with Crippen LogP contribution < -0.4 is 0 Å². The van der Waals surface area contributed by atoms with Gasteiger partial charge >= 0.3 is 0 Å². The quantitative estimate of drug-likeness (QED) is 0.771. The Bertz CT molecular complexity index is 798. The second-order valence-electron chi connectivity index (χ2n) is 6.29. The van der Waals surface area contributed by atoms with Crippen LogP contribution in [0.4, 0.5) is 0 Å². The first-order chi connectivity index (χ1) is 10.8. The van der Waals surface area contributed by atoms with E-state index in [4.69, 9.17) is 4.98 Å². The third-order valence-electron chi connectivity index (χ3n) is 4.89. The standard InChI is InChI=1S/C17H22N4O/c1-2-14(22)17-20-13-10-19-16-12(8-9-18-16)15(13)21(17)11-6-4-3-5-7-11/h8-11,14,22H,2-7H2,1H3,(H,18,19)/t14-/m0/s1. The molecule has 1 fully saturated rings. The molecule has 0 aliphatic heterocycles. The molecular formula is C17H22N4O. The summed E-state index contributed by atoms with van der Waals surface area (Å²) >= 11 is 0. The SMILES string of the molecule is CC[C@H](O)c1nc2cnc3[nH]ccc3c2n1C1CCCCC1. The highest BCUT2D eigenvalue weighted by molar-refractivity contribution is 6.01. The molecule has 2 N–H and O–H groups in total. The van der Waals surface area contributed by atoms with Crippen molar-refractivity contribution in [1.82, 2.24) is 19.5 Å². The topological polar surface area (TPSA) is 66.7 Å². The Labute approximate surface area is 129 Å². The van der Waals surface area contributed by atoms with E-state index in [0.717, 1.165) is 27.9 Å². The Hall–Kier alpha value is -1.88. The number of nitrogens with zero attached hydrogens (tertiary/aromatic N) is 3. The Kier molecular flexibility index (Phi) is 3.37. The first-order valence-corrected chi connectivity index (χ1v) is 8.31. The molecule has 1 atom stereocenters. The largest absolute Gasteiger partial charge is 0.385 e. The van der Waals surface area contributed by atoms with Gasteiger partial charge in [0.2, 0.25) is 0 Å². The maximum absolute atomic E-state index is 10.5. The monoisotopic (exact) mass is 298 g/mol. The zero-order valence-corrected chi connectivity index (χ0v) is 12.9. The Morgan fingerprint density at radius 3 is 2.95 bits per heavy atom. The molecule has 0 amide bonds. The van der Waals surface area contributed by atoms with Gasteiger partial charge in [0.1, 0.15) is 23.1 Å². The summed E-state index contributed by atoms with van der Waals surface area (Å²) in [5, 5.41) is 11.6. The van der Waals surface area contributed by atoms with Crippen LogP contribution in [-0.2, 0) is 0 Å². The highest BCUT2D eigenvalue weighted by Crippen LogP contribution is 2.36. The van der Waals surface area contributed by atoms with Crippen LogP contribution in [0.15, 0.2) is 18.5 Å². The molecule has 1 aliphatic rings. The number of H-pyrrole nitrogens is 1. The molecule has 3 aromatic heterocycles. The van der Waals surface area contributed by atoms with E-state index in [0.29, 0.717) is 12.5 Å². The lowest BCUT2D eigenvalue weighted by Crippen LogP contribution is -2.17. The summed E-state index contributed by atoms with van der Waals surface area (Å²) in [6, 6.07) is 2.50. The average Bonchev–Trinajstić information content (AvgIpc) is 3.18. The van der Waals surface area contributed by atoms with Crippen LogP contribution in [0.25, 0.3) is 22.1 Å². The number of rotatable bonds is 3. The fraction of sp³-hybridized carbons (Fsp3) is 0.529. The summed E-state index contributed by atoms with van der Waals surface area (Å²) in [7, 11) is 0. The molecule has 0 saturated heterocycles. The van der Waals surface area contributed by atoms with Gasteiger partial charge in [-0.25, -0.2) is 9.97 Å². The molecule has 1 aliphatic carbocycles. The molecule has 0 radical (unpaired) electrons. The van der Waals surface area contributed by atoms with E-state index in [1.165, 1.54) is 32.1 Å². The van der Waals surface area contributed by atoms with Gasteiger partial charge in [0, 0.05) is 17.6 Å². The molecule has 116 valence electrons. The fourth-order valence-electron chi connectivity index (χ4n) is 3.74. The number of aromatic nitrogens is 4. The summed E-state index contributed by atoms with van der Waals surface area (Å²) in [6.07, 6.45) is 10.1. The molecule has 0 aromatic carbocycles. The van der Waals surface area contributed by atoms with Gasteiger partial charge in [-0.15, -0.1) is 0 Å². The average molecular weight is 298 g/mol. The summed E-state index contributed by atoms with van der Waals surface area (Å²) in [5.74, 6) is 0.805. The van der Waals surface area contributed by atoms with Crippen LogP contribution in [0.3, 0.4) is 0 Å². The second kappa shape index (κ2) is 5.39. The third-order valence-corrected chi connectivity index (χ3v) is 4.89. The number of aliphatic hydroxyl groups excluding tert-OH is 1. The van der Waals surface area contributed by atoms with Crippen LogP contribution in [-0.4, -0.2) is 24.6 Å². The number of hydrogen-bond donors (Lipinski definition) is 2. The van der Waals surface area contributed by atoms with Gasteiger partial charge in [-0.05, 0) is 25.3 Å². The van der Waals surface area contributed by atoms with Crippen molar-refractivity contribution in [2.24, 2.45) is 0 Å². The minimum atomic E-state index is -0.511. The summed E-state index contributed by atoms with van der Waals surface area (Å²) in [5.41, 5.74) is 2.91. The molecule has 3 heterocycles. The maximum Gasteiger partial charge on any atom is 0.139 e. The van der Waals surface area contributed by atoms with Gasteiger partial charge in [0.05, 0.1) is 11.7 Å². The van der Waals surface area contributed by atoms with Crippen molar-refractivity contribution in [3.63, 3.8) is 0 Å². The molecule has 0 bridgehead atoms. The number of nitrogens with one attached hydrogen (secondary N) is 1. The van der Waals surface area contributed by atoms with E-state index in [9.17, 15) is 5.11 Å². The molecule has 22 heavy (non-hydrogen) atoms. The predicted octanol–water partition coefficient (Wildman–Crippen LogP) is 3.86. The molecule has 4 rings (SSSR count). The van der Waals surface area contributed by atoms with Crippen molar-refractivity contribution >= 4 is 22.1 Å². The van der Waals surface area contributed by atoms with E-state index in [1.807, 2.05) is 19.3 Å². The van der Waals surface area contributed by atoms with Gasteiger partial charge in [-0.2, -0.15) is 0 Å². The number of aromatic amines is 1. The Morgan fingerprint density at radius 1 is 1.36 bits per heavy atom. The van der Waals surface area contributed by atoms with Gasteiger partial charge < -0.3 is 14.7 Å². The number of fused-ring (bicyclic) bond motifs is 3. The molecule has 3 aromatic rings. The lowest BCUT2D eigenvalue weighted by Gasteiger charge is -2.26. The number of pyridine rings is 1. The molecule has 0 unspecified atom stereocenters. The molecule has 1 saturated carbocycles. The molecular weight excluding hydrogens is 276 g/mol. The summed E-state index contributed by atoms with van der Waals surface area (Å²) in [4.78, 5) is 12.3. The van der Waals surface area contributed by atoms with Gasteiger partial charge in [-0.3, -0.25) is 0 Å². The maximum atomic E-state index is 10.5. The van der Waals surface area contributed by atoms with Crippen molar-refractivity contribution in [3.8, 4) is 0 Å². The van der Waals surface area contributed by atoms with E-state index < -0.39 is 6.10 Å². The molecule has 5 heteroatoms. The third kappa shape index (κ3) is 2.03. The molecule has 5 nitrogen and oxygen atoms in total. The van der Waals surface area contributed by atoms with Crippen molar-refractivity contribution < 1.29 is 5.11 Å². The lowest BCUT2D eigenvalue weighted by atomic mass is 9.95. The number of hydrogen-bond acceptors (Lipinski definition) is 3. The minimum absolute atomic E-state index is 0.440. The summed E-state index contributed by atoms with van der Waals surface area (Å²) in [6.45, 7) is 2.00. The van der Waals surface area contributed by atoms with Crippen LogP contribution in [0.5, 0.6) is 0 Å². The zero-order valence-electron chi connectivity index (χ0n) is 12.9. The number of imidazole rings is 1. The second-order valence-corrected chi connectivity index (χ2v) is 6.29. The first kappa shape index (κ1) is 13.8. The van der Waals surface area contributed by atoms with E-state index in [1.54, 1.807) is 0 Å². The van der Waals surface area contributed by atoms with Crippen LogP contribution >= 0.6 is 0 Å². The van der Waals surface area contributed by atoms with Gasteiger partial charge in [0.25, 0.3) is 0 Å². The van der Waals surface area contributed by atoms with Crippen LogP contribution in [0.1, 0.15) is 63.4 Å². The Balaban J connectivity index is 2.00. The molecule has 0 spiro atoms. The van der Waals surface area contributed by atoms with Crippen molar-refractivity contribution in [1.29, 1.82) is 0 Å². The van der Waals surface area contributed by atoms with E-state index >= 15 is 0 Å². The van der Waals surface area contributed by atoms with Crippen molar-refractivity contribution in [2.45, 2.75) is 57.6 Å². The predicted molar refractivity (Wildman–Crippen MR) is 86.8 cm³/mol. The van der Waals surface area contributed by atoms with Crippen molar-refractivity contribution in [3.05, 3.63) is 24.3 Å². The van der Waals surface area contributed by atoms with Crippen LogP contribution in [0, 0.1) is 0 Å². The number of aliphatic hydroxyl groups is 1. The highest BCUT2D eigenvalue weighted by Gasteiger charge is 2.25. The normalized spacial score (nSPS) is 18.3. The highest BCUT2D eigenvalue weighted by atomic mass is 16.3. The zero-order chi connectivity index (χ0) is 15.1. The fourth-order valence-corrected chi connectivity index (χ4v) is 3.74. The van der Waals surface area contributed by atoms with E-state index in [2.05, 4.69) is 20.6 Å². The van der Waals surface area contributed by atoms with Gasteiger partial charge in [0.15, 0.2) is 0 Å². The first-order valence-electron chi connectivity index (χ1n) is 8.31. The minimum Gasteiger partial charge on any atom is -0.385 e. The Morgan fingerprint density at radius 2 is 2.18 bits per heavy atom.